The molecule has 0 spiro atoms. The molecule has 0 N–H and O–H groups in total. The van der Waals surface area contributed by atoms with Crippen molar-refractivity contribution in [2.24, 2.45) is 0 Å². The van der Waals surface area contributed by atoms with Crippen molar-refractivity contribution in [3.8, 4) is 11.5 Å². The van der Waals surface area contributed by atoms with Gasteiger partial charge in [0, 0.05) is 0 Å². The molecule has 0 aromatic heterocycles. The number of unbranched alkanes of at least 4 members (excludes halogenated alkanes) is 18. The van der Waals surface area contributed by atoms with Crippen molar-refractivity contribution in [2.45, 2.75) is 155 Å². The fourth-order valence-electron chi connectivity index (χ4n) is 5.32. The Hall–Kier alpha value is -1.76. The number of rotatable bonds is 24. The number of benzene rings is 2. The molecule has 1 heteroatoms. The van der Waals surface area contributed by atoms with Crippen molar-refractivity contribution < 1.29 is 4.74 Å². The third-order valence-corrected chi connectivity index (χ3v) is 7.71. The fraction of sp³-hybridized carbons (Fsp3) is 0.667. The largest absolute Gasteiger partial charge is 0.457 e. The van der Waals surface area contributed by atoms with E-state index in [1.165, 1.54) is 146 Å². The van der Waals surface area contributed by atoms with Gasteiger partial charge in [0.2, 0.25) is 0 Å². The molecule has 1 nitrogen and oxygen atoms in total. The van der Waals surface area contributed by atoms with E-state index in [1.807, 2.05) is 6.07 Å². The van der Waals surface area contributed by atoms with Crippen LogP contribution in [0.5, 0.6) is 11.5 Å². The number of hydrogen-bond donors (Lipinski definition) is 0. The Morgan fingerprint density at radius 3 is 1.43 bits per heavy atom. The van der Waals surface area contributed by atoms with Gasteiger partial charge in [-0.2, -0.15) is 0 Å². The zero-order valence-corrected chi connectivity index (χ0v) is 24.6. The van der Waals surface area contributed by atoms with Gasteiger partial charge >= 0.3 is 0 Å². The second-order valence-electron chi connectivity index (χ2n) is 11.2. The van der Waals surface area contributed by atoms with E-state index in [9.17, 15) is 0 Å². The first kappa shape index (κ1) is 31.5. The molecule has 0 saturated heterocycles. The van der Waals surface area contributed by atoms with Gasteiger partial charge in [0.1, 0.15) is 11.5 Å². The second kappa shape index (κ2) is 22.2. The molecule has 0 aliphatic carbocycles. The number of aryl methyl sites for hydroxylation is 2. The lowest BCUT2D eigenvalue weighted by Crippen LogP contribution is -1.96. The molecule has 0 fully saturated rings. The minimum Gasteiger partial charge on any atom is -0.457 e. The van der Waals surface area contributed by atoms with Crippen molar-refractivity contribution in [1.29, 1.82) is 0 Å². The summed E-state index contributed by atoms with van der Waals surface area (Å²) in [5, 5.41) is 0. The Morgan fingerprint density at radius 2 is 0.919 bits per heavy atom. The van der Waals surface area contributed by atoms with Crippen LogP contribution in [0.25, 0.3) is 0 Å². The van der Waals surface area contributed by atoms with Crippen LogP contribution < -0.4 is 4.74 Å². The van der Waals surface area contributed by atoms with Gasteiger partial charge in [-0.1, -0.05) is 160 Å². The molecule has 0 atom stereocenters. The molecule has 0 aliphatic rings. The predicted octanol–water partition coefficient (Wildman–Crippen LogP) is 12.4. The van der Waals surface area contributed by atoms with E-state index >= 15 is 0 Å². The van der Waals surface area contributed by atoms with Crippen LogP contribution >= 0.6 is 0 Å². The monoisotopic (exact) mass is 506 g/mol. The molecule has 2 rings (SSSR count). The summed E-state index contributed by atoms with van der Waals surface area (Å²) in [6.45, 7) is 4.59. The van der Waals surface area contributed by atoms with E-state index in [2.05, 4.69) is 56.3 Å². The molecule has 2 aromatic carbocycles. The highest BCUT2D eigenvalue weighted by molar-refractivity contribution is 5.40. The van der Waals surface area contributed by atoms with E-state index in [0.29, 0.717) is 0 Å². The third kappa shape index (κ3) is 15.9. The SMILES string of the molecule is CCCCCCCCCCCCc1ccc(Oc2ccccc2)c(CCCCCCCCCCCC)c1. The van der Waals surface area contributed by atoms with Crippen LogP contribution in [0, 0.1) is 0 Å². The van der Waals surface area contributed by atoms with Gasteiger partial charge in [-0.3, -0.25) is 0 Å². The standard InChI is InChI=1S/C36H58O/c1-3-5-7-9-11-13-15-17-19-22-26-33-30-31-36(37-35-28-24-21-25-29-35)34(32-33)27-23-20-18-16-14-12-10-8-6-4-2/h21,24-25,28-32H,3-20,22-23,26-27H2,1-2H3. The Bertz CT molecular complexity index is 765. The lowest BCUT2D eigenvalue weighted by atomic mass is 9.98. The Balaban J connectivity index is 1.72. The molecular weight excluding hydrogens is 448 g/mol. The number of hydrogen-bond acceptors (Lipinski definition) is 1. The lowest BCUT2D eigenvalue weighted by molar-refractivity contribution is 0.473. The van der Waals surface area contributed by atoms with E-state index in [-0.39, 0.29) is 0 Å². The highest BCUT2D eigenvalue weighted by Gasteiger charge is 2.08. The molecule has 2 aromatic rings. The fourth-order valence-corrected chi connectivity index (χ4v) is 5.32. The molecule has 0 amide bonds. The van der Waals surface area contributed by atoms with Crippen LogP contribution in [0.4, 0.5) is 0 Å². The molecule has 0 saturated carbocycles. The van der Waals surface area contributed by atoms with Crippen LogP contribution in [-0.2, 0) is 12.8 Å². The number of ether oxygens (including phenoxy) is 1. The quantitative estimate of drug-likeness (QED) is 0.129. The number of para-hydroxylation sites is 1. The van der Waals surface area contributed by atoms with Gasteiger partial charge in [-0.05, 0) is 55.0 Å². The van der Waals surface area contributed by atoms with Gasteiger partial charge in [0.05, 0.1) is 0 Å². The van der Waals surface area contributed by atoms with E-state index in [4.69, 9.17) is 4.74 Å². The zero-order chi connectivity index (χ0) is 26.2. The molecule has 208 valence electrons. The van der Waals surface area contributed by atoms with E-state index in [1.54, 1.807) is 0 Å². The summed E-state index contributed by atoms with van der Waals surface area (Å²) >= 11 is 0. The summed E-state index contributed by atoms with van der Waals surface area (Å²) in [7, 11) is 0. The van der Waals surface area contributed by atoms with Crippen LogP contribution in [0.2, 0.25) is 0 Å². The summed E-state index contributed by atoms with van der Waals surface area (Å²) in [5.41, 5.74) is 2.88. The van der Waals surface area contributed by atoms with Gasteiger partial charge in [-0.25, -0.2) is 0 Å². The minimum atomic E-state index is 0.939. The van der Waals surface area contributed by atoms with Crippen LogP contribution in [0.1, 0.15) is 153 Å². The Kier molecular flexibility index (Phi) is 18.9. The summed E-state index contributed by atoms with van der Waals surface area (Å²) in [4.78, 5) is 0. The first-order valence-electron chi connectivity index (χ1n) is 16.2. The second-order valence-corrected chi connectivity index (χ2v) is 11.2. The average molecular weight is 507 g/mol. The normalized spacial score (nSPS) is 11.2. The topological polar surface area (TPSA) is 9.23 Å². The molecule has 0 aliphatic heterocycles. The van der Waals surface area contributed by atoms with Crippen LogP contribution in [-0.4, -0.2) is 0 Å². The highest BCUT2D eigenvalue weighted by Crippen LogP contribution is 2.28. The maximum Gasteiger partial charge on any atom is 0.130 e. The summed E-state index contributed by atoms with van der Waals surface area (Å²) < 4.78 is 6.31. The van der Waals surface area contributed by atoms with E-state index in [0.717, 1.165) is 17.9 Å². The van der Waals surface area contributed by atoms with Crippen molar-refractivity contribution >= 4 is 0 Å². The first-order valence-corrected chi connectivity index (χ1v) is 16.2. The molecule has 0 unspecified atom stereocenters. The maximum absolute atomic E-state index is 6.31. The Morgan fingerprint density at radius 1 is 0.459 bits per heavy atom. The summed E-state index contributed by atoms with van der Waals surface area (Å²) in [6.07, 6.45) is 30.2. The lowest BCUT2D eigenvalue weighted by Gasteiger charge is -2.13. The maximum atomic E-state index is 6.31. The average Bonchev–Trinajstić information content (AvgIpc) is 2.92. The van der Waals surface area contributed by atoms with Crippen molar-refractivity contribution in [1.82, 2.24) is 0 Å². The van der Waals surface area contributed by atoms with Crippen molar-refractivity contribution in [2.75, 3.05) is 0 Å². The Labute approximate surface area is 230 Å². The van der Waals surface area contributed by atoms with Crippen molar-refractivity contribution in [3.63, 3.8) is 0 Å². The van der Waals surface area contributed by atoms with Gasteiger partial charge in [0.15, 0.2) is 0 Å². The first-order chi connectivity index (χ1) is 18.3. The molecule has 0 bridgehead atoms. The molecule has 0 radical (unpaired) electrons. The van der Waals surface area contributed by atoms with Gasteiger partial charge in [-0.15, -0.1) is 0 Å². The van der Waals surface area contributed by atoms with Gasteiger partial charge < -0.3 is 4.74 Å². The minimum absolute atomic E-state index is 0.939. The molecule has 37 heavy (non-hydrogen) atoms. The van der Waals surface area contributed by atoms with Crippen LogP contribution in [0.15, 0.2) is 48.5 Å². The third-order valence-electron chi connectivity index (χ3n) is 7.71. The predicted molar refractivity (Wildman–Crippen MR) is 164 cm³/mol. The summed E-state index contributed by atoms with van der Waals surface area (Å²) in [6, 6.07) is 17.2. The highest BCUT2D eigenvalue weighted by atomic mass is 16.5. The zero-order valence-electron chi connectivity index (χ0n) is 24.6. The van der Waals surface area contributed by atoms with Crippen LogP contribution in [0.3, 0.4) is 0 Å². The molecule has 0 heterocycles. The van der Waals surface area contributed by atoms with Crippen molar-refractivity contribution in [3.05, 3.63) is 59.7 Å². The van der Waals surface area contributed by atoms with Gasteiger partial charge in [0.25, 0.3) is 0 Å². The molecular formula is C36H58O. The summed E-state index contributed by atoms with van der Waals surface area (Å²) in [5.74, 6) is 1.99. The smallest absolute Gasteiger partial charge is 0.130 e. The van der Waals surface area contributed by atoms with E-state index < -0.39 is 0 Å².